The summed E-state index contributed by atoms with van der Waals surface area (Å²) in [6.45, 7) is 34.7. The summed E-state index contributed by atoms with van der Waals surface area (Å²) in [5.74, 6) is 1.08. The minimum atomic E-state index is -2.37. The quantitative estimate of drug-likeness (QED) is 0.244. The minimum Gasteiger partial charge on any atom is -0.414 e. The molecule has 0 radical (unpaired) electrons. The van der Waals surface area contributed by atoms with Gasteiger partial charge in [0.1, 0.15) is 24.6 Å². The van der Waals surface area contributed by atoms with Crippen molar-refractivity contribution < 1.29 is 18.0 Å². The zero-order valence-electron chi connectivity index (χ0n) is 32.5. The maximum Gasteiger partial charge on any atom is 0.192 e. The van der Waals surface area contributed by atoms with Gasteiger partial charge >= 0.3 is 0 Å². The lowest BCUT2D eigenvalue weighted by Gasteiger charge is -2.44. The second-order valence-corrected chi connectivity index (χ2v) is 36.4. The van der Waals surface area contributed by atoms with Crippen LogP contribution in [0.25, 0.3) is 16.1 Å². The number of fused-ring (bicyclic) bond motifs is 1. The van der Waals surface area contributed by atoms with E-state index in [9.17, 15) is 0 Å². The van der Waals surface area contributed by atoms with E-state index < -0.39 is 37.3 Å². The molecule has 0 aromatic carbocycles. The molecule has 50 heavy (non-hydrogen) atoms. The Morgan fingerprint density at radius 2 is 1.34 bits per heavy atom. The summed E-state index contributed by atoms with van der Waals surface area (Å²) in [5.41, 5.74) is 7.67. The van der Waals surface area contributed by atoms with E-state index in [1.165, 1.54) is 14.8 Å². The van der Waals surface area contributed by atoms with Crippen molar-refractivity contribution >= 4 is 93.9 Å². The number of hydrogen-bond donors (Lipinski definition) is 1. The zero-order chi connectivity index (χ0) is 37.2. The fourth-order valence-electron chi connectivity index (χ4n) is 4.95. The van der Waals surface area contributed by atoms with Crippen LogP contribution < -0.4 is 5.73 Å². The van der Waals surface area contributed by atoms with Gasteiger partial charge in [0.15, 0.2) is 54.0 Å². The van der Waals surface area contributed by atoms with Crippen LogP contribution in [-0.4, -0.2) is 69.4 Å². The number of nitrogens with two attached hydrogens (primary N) is 1. The summed E-state index contributed by atoms with van der Waals surface area (Å²) in [5, 5.41) is 6.40. The van der Waals surface area contributed by atoms with Gasteiger partial charge in [0.2, 0.25) is 0 Å². The number of imidazole rings is 1. The van der Waals surface area contributed by atoms with E-state index in [-0.39, 0.29) is 27.3 Å². The highest BCUT2D eigenvalue weighted by Crippen LogP contribution is 2.56. The highest BCUT2D eigenvalue weighted by Gasteiger charge is 2.56. The molecule has 0 spiro atoms. The molecule has 16 heteroatoms. The van der Waals surface area contributed by atoms with Gasteiger partial charge in [0.25, 0.3) is 0 Å². The smallest absolute Gasteiger partial charge is 0.192 e. The molecular formula is C34H57N5O4S4Si3. The predicted octanol–water partition coefficient (Wildman–Crippen LogP) is 11.0. The fourth-order valence-corrected chi connectivity index (χ4v) is 13.0. The van der Waals surface area contributed by atoms with Crippen molar-refractivity contribution in [3.8, 4) is 0 Å². The van der Waals surface area contributed by atoms with Crippen LogP contribution in [0.5, 0.6) is 0 Å². The zero-order valence-corrected chi connectivity index (χ0v) is 38.7. The van der Waals surface area contributed by atoms with Gasteiger partial charge in [-0.3, -0.25) is 4.57 Å². The molecule has 1 saturated heterocycles. The summed E-state index contributed by atoms with van der Waals surface area (Å²) in [7, 11) is -6.83. The van der Waals surface area contributed by atoms with E-state index in [4.69, 9.17) is 33.7 Å². The second-order valence-electron chi connectivity index (χ2n) is 17.8. The Bertz CT molecular complexity index is 1680. The Labute approximate surface area is 319 Å². The summed E-state index contributed by atoms with van der Waals surface area (Å²) in [6.07, 6.45) is -0.291. The van der Waals surface area contributed by atoms with Gasteiger partial charge in [-0.05, 0) is 70.6 Å². The molecule has 0 aliphatic carbocycles. The number of ether oxygens (including phenoxy) is 1. The first-order chi connectivity index (χ1) is 22.8. The molecule has 0 amide bonds. The van der Waals surface area contributed by atoms with Crippen LogP contribution in [0.1, 0.15) is 74.4 Å². The highest BCUT2D eigenvalue weighted by molar-refractivity contribution is 8.35. The van der Waals surface area contributed by atoms with Crippen LogP contribution in [0.3, 0.4) is 0 Å². The van der Waals surface area contributed by atoms with Crippen molar-refractivity contribution in [2.45, 2.75) is 141 Å². The van der Waals surface area contributed by atoms with Gasteiger partial charge in [0.05, 0.1) is 20.0 Å². The summed E-state index contributed by atoms with van der Waals surface area (Å²) in [6, 6.07) is 0. The Hall–Kier alpha value is -0.539. The predicted molar refractivity (Wildman–Crippen MR) is 225 cm³/mol. The summed E-state index contributed by atoms with van der Waals surface area (Å²) >= 11 is 6.96. The Morgan fingerprint density at radius 3 is 1.90 bits per heavy atom. The molecule has 5 rings (SSSR count). The number of anilines is 1. The van der Waals surface area contributed by atoms with Gasteiger partial charge in [-0.1, -0.05) is 109 Å². The maximum absolute atomic E-state index is 7.49. The van der Waals surface area contributed by atoms with Crippen LogP contribution in [-0.2, 0) is 18.0 Å². The standard InChI is InChI=1S/C34H57N5O4S4Si3/c1-32(2,3)48(10,11)40-18-21-24(42-49(12,13)33(4,5)6)25(43-50(14,15)34(7,8)9)29(41-21)39-27(38-23-26(35)36-20-37-28(23)39)22-19-46-31(47-22)30-44-16-17-45-30/h16-17,19-21,24-25,29H,18H2,1-15H3,(H2,35,36,37)/t21-,24-,25-,29-/m1/s1. The minimum absolute atomic E-state index is 0.0243. The largest absolute Gasteiger partial charge is 0.414 e. The van der Waals surface area contributed by atoms with Crippen LogP contribution >= 0.6 is 47.0 Å². The number of aromatic nitrogens is 4. The van der Waals surface area contributed by atoms with Gasteiger partial charge in [-0.2, -0.15) is 0 Å². The highest BCUT2D eigenvalue weighted by atomic mass is 32.2. The molecule has 2 N–H and O–H groups in total. The first kappa shape index (κ1) is 40.6. The van der Waals surface area contributed by atoms with Crippen LogP contribution in [0.4, 0.5) is 5.82 Å². The third-order valence-electron chi connectivity index (χ3n) is 11.2. The molecule has 2 aromatic heterocycles. The number of nitrogen functional groups attached to an aromatic ring is 1. The average molecular weight is 812 g/mol. The molecule has 5 heterocycles. The molecule has 0 saturated carbocycles. The van der Waals surface area contributed by atoms with Crippen molar-refractivity contribution in [2.24, 2.45) is 0 Å². The lowest BCUT2D eigenvalue weighted by atomic mass is 10.1. The summed E-state index contributed by atoms with van der Waals surface area (Å²) < 4.78 is 33.7. The topological polar surface area (TPSA) is 107 Å². The second kappa shape index (κ2) is 14.3. The molecular weight excluding hydrogens is 755 g/mol. The molecule has 0 bridgehead atoms. The molecule has 2 aromatic rings. The van der Waals surface area contributed by atoms with E-state index in [2.05, 4.69) is 127 Å². The van der Waals surface area contributed by atoms with Gasteiger partial charge in [-0.25, -0.2) is 15.0 Å². The first-order valence-electron chi connectivity index (χ1n) is 17.3. The maximum atomic E-state index is 7.49. The molecule has 3 aliphatic rings. The van der Waals surface area contributed by atoms with Crippen molar-refractivity contribution in [3.05, 3.63) is 36.9 Å². The van der Waals surface area contributed by atoms with Crippen LogP contribution in [0.15, 0.2) is 31.0 Å². The number of nitrogens with zero attached hydrogens (tertiary/aromatic N) is 4. The molecule has 3 aliphatic heterocycles. The molecule has 9 nitrogen and oxygen atoms in total. The molecule has 1 fully saturated rings. The molecule has 4 atom stereocenters. The van der Waals surface area contributed by atoms with Crippen molar-refractivity contribution in [1.29, 1.82) is 0 Å². The van der Waals surface area contributed by atoms with Crippen LogP contribution in [0, 0.1) is 0 Å². The van der Waals surface area contributed by atoms with E-state index in [1.807, 2.05) is 0 Å². The van der Waals surface area contributed by atoms with Crippen LogP contribution in [0.2, 0.25) is 54.4 Å². The lowest BCUT2D eigenvalue weighted by molar-refractivity contribution is -0.0473. The summed E-state index contributed by atoms with van der Waals surface area (Å²) in [4.78, 5) is 15.3. The van der Waals surface area contributed by atoms with Gasteiger partial charge < -0.3 is 23.7 Å². The molecule has 0 unspecified atom stereocenters. The Kier molecular flexibility index (Phi) is 11.6. The number of rotatable bonds is 9. The van der Waals surface area contributed by atoms with E-state index in [1.54, 1.807) is 47.0 Å². The van der Waals surface area contributed by atoms with Crippen molar-refractivity contribution in [2.75, 3.05) is 12.3 Å². The van der Waals surface area contributed by atoms with E-state index in [0.717, 1.165) is 10.7 Å². The fraction of sp³-hybridized carbons (Fsp3) is 0.676. The number of thioether (sulfide) groups is 4. The van der Waals surface area contributed by atoms with Crippen molar-refractivity contribution in [3.63, 3.8) is 0 Å². The first-order valence-corrected chi connectivity index (χ1v) is 29.4. The van der Waals surface area contributed by atoms with Gasteiger partial charge in [0, 0.05) is 0 Å². The SMILES string of the molecule is CC(C)(C)[Si](C)(C)OC[C@H]1O[C@@H](n2c(C3=CSC(=C4SC=CS4)S3)nc3c(N)ncnc32)[C@H](O[Si](C)(C)C(C)(C)C)[C@@H]1O[Si](C)(C)C(C)(C)C. The average Bonchev–Trinajstić information content (AvgIpc) is 3.77. The van der Waals surface area contributed by atoms with E-state index >= 15 is 0 Å². The third-order valence-corrected chi connectivity index (χ3v) is 29.7. The Morgan fingerprint density at radius 1 is 0.780 bits per heavy atom. The lowest BCUT2D eigenvalue weighted by Crippen LogP contribution is -2.54. The van der Waals surface area contributed by atoms with Gasteiger partial charge in [-0.15, -0.1) is 0 Å². The monoisotopic (exact) mass is 811 g/mol. The molecule has 278 valence electrons. The van der Waals surface area contributed by atoms with Crippen molar-refractivity contribution in [1.82, 2.24) is 19.5 Å². The normalized spacial score (nSPS) is 24.3. The number of hydrogen-bond acceptors (Lipinski definition) is 12. The third kappa shape index (κ3) is 8.10. The Balaban J connectivity index is 1.68. The van der Waals surface area contributed by atoms with E-state index in [0.29, 0.717) is 23.6 Å².